The number of nitriles is 1. The molecule has 0 radical (unpaired) electrons. The van der Waals surface area contributed by atoms with Gasteiger partial charge in [-0.3, -0.25) is 9.59 Å². The molecule has 2 aromatic carbocycles. The van der Waals surface area contributed by atoms with E-state index in [-0.39, 0.29) is 22.9 Å². The number of carbonyl (C=O) groups excluding carboxylic acids is 2. The van der Waals surface area contributed by atoms with Gasteiger partial charge in [0, 0.05) is 18.1 Å². The van der Waals surface area contributed by atoms with Crippen LogP contribution in [0.15, 0.2) is 42.5 Å². The second-order valence-corrected chi connectivity index (χ2v) is 8.28. The number of rotatable bonds is 2. The molecule has 146 valence electrons. The van der Waals surface area contributed by atoms with E-state index in [1.165, 1.54) is 11.0 Å². The molecule has 3 fully saturated rings. The van der Waals surface area contributed by atoms with E-state index in [1.54, 1.807) is 24.3 Å². The molecule has 3 aliphatic heterocycles. The summed E-state index contributed by atoms with van der Waals surface area (Å²) in [5, 5.41) is 14.0. The lowest BCUT2D eigenvalue weighted by Crippen LogP contribution is -2.44. The minimum Gasteiger partial charge on any atom is -0.274 e. The average Bonchev–Trinajstić information content (AvgIpc) is 3.35. The number of hydrogen-bond donors (Lipinski definition) is 0. The molecular formula is C21H16Cl2N4O2. The molecule has 0 bridgehead atoms. The third-order valence-electron chi connectivity index (χ3n) is 5.94. The molecule has 0 aromatic heterocycles. The zero-order valence-electron chi connectivity index (χ0n) is 15.3. The zero-order valence-corrected chi connectivity index (χ0v) is 16.8. The lowest BCUT2D eigenvalue weighted by molar-refractivity contribution is -0.126. The number of carbonyl (C=O) groups is 2. The normalized spacial score (nSPS) is 26.7. The largest absolute Gasteiger partial charge is 0.274 e. The monoisotopic (exact) mass is 426 g/mol. The predicted octanol–water partition coefficient (Wildman–Crippen LogP) is 3.40. The van der Waals surface area contributed by atoms with Gasteiger partial charge >= 0.3 is 0 Å². The van der Waals surface area contributed by atoms with E-state index in [9.17, 15) is 9.59 Å². The molecule has 2 aromatic rings. The van der Waals surface area contributed by atoms with Gasteiger partial charge in [0.2, 0.25) is 5.91 Å². The molecule has 3 saturated heterocycles. The summed E-state index contributed by atoms with van der Waals surface area (Å²) in [7, 11) is 0. The van der Waals surface area contributed by atoms with Crippen LogP contribution in [-0.2, 0) is 9.59 Å². The van der Waals surface area contributed by atoms with Crippen molar-refractivity contribution in [3.05, 3.63) is 63.6 Å². The van der Waals surface area contributed by atoms with Crippen molar-refractivity contribution in [3.8, 4) is 6.07 Å². The molecule has 6 nitrogen and oxygen atoms in total. The van der Waals surface area contributed by atoms with E-state index in [0.717, 1.165) is 25.1 Å². The Hall–Kier alpha value is -2.43. The van der Waals surface area contributed by atoms with Gasteiger partial charge in [-0.1, -0.05) is 35.3 Å². The van der Waals surface area contributed by atoms with Crippen LogP contribution in [0.25, 0.3) is 0 Å². The van der Waals surface area contributed by atoms with Gasteiger partial charge in [-0.2, -0.15) is 5.26 Å². The summed E-state index contributed by atoms with van der Waals surface area (Å²) in [6, 6.07) is 13.3. The molecule has 3 atom stereocenters. The van der Waals surface area contributed by atoms with Crippen LogP contribution in [0.3, 0.4) is 0 Å². The first-order valence-electron chi connectivity index (χ1n) is 9.37. The first-order valence-corrected chi connectivity index (χ1v) is 10.1. The number of hydrazine groups is 1. The van der Waals surface area contributed by atoms with Crippen LogP contribution in [0.4, 0.5) is 5.69 Å². The molecule has 3 heterocycles. The molecule has 0 saturated carbocycles. The molecule has 5 rings (SSSR count). The third kappa shape index (κ3) is 2.70. The molecule has 3 unspecified atom stereocenters. The van der Waals surface area contributed by atoms with E-state index in [2.05, 4.69) is 11.1 Å². The Morgan fingerprint density at radius 1 is 0.931 bits per heavy atom. The Bertz CT molecular complexity index is 1070. The predicted molar refractivity (Wildman–Crippen MR) is 108 cm³/mol. The maximum Gasteiger partial charge on any atom is 0.253 e. The van der Waals surface area contributed by atoms with Crippen LogP contribution in [0.5, 0.6) is 0 Å². The van der Waals surface area contributed by atoms with Crippen molar-refractivity contribution in [1.29, 1.82) is 5.26 Å². The highest BCUT2D eigenvalue weighted by Gasteiger charge is 2.63. The topological polar surface area (TPSA) is 67.6 Å². The van der Waals surface area contributed by atoms with Crippen molar-refractivity contribution in [2.24, 2.45) is 5.92 Å². The van der Waals surface area contributed by atoms with Crippen molar-refractivity contribution in [2.45, 2.75) is 18.5 Å². The van der Waals surface area contributed by atoms with Crippen LogP contribution >= 0.6 is 23.2 Å². The molecule has 0 aliphatic carbocycles. The van der Waals surface area contributed by atoms with Crippen LogP contribution in [-0.4, -0.2) is 41.0 Å². The third-order valence-corrected chi connectivity index (χ3v) is 6.48. The fourth-order valence-electron chi connectivity index (χ4n) is 4.77. The molecule has 2 amide bonds. The fourth-order valence-corrected chi connectivity index (χ4v) is 5.26. The number of hydrogen-bond acceptors (Lipinski definition) is 5. The lowest BCUT2D eigenvalue weighted by atomic mass is 9.89. The number of imide groups is 1. The second-order valence-electron chi connectivity index (χ2n) is 7.44. The van der Waals surface area contributed by atoms with E-state index in [4.69, 9.17) is 28.5 Å². The summed E-state index contributed by atoms with van der Waals surface area (Å²) in [6.45, 7) is 1.52. The number of anilines is 1. The fraction of sp³-hybridized carbons (Fsp3) is 0.286. The van der Waals surface area contributed by atoms with Crippen LogP contribution in [0.2, 0.25) is 10.0 Å². The van der Waals surface area contributed by atoms with E-state index in [1.807, 2.05) is 17.1 Å². The van der Waals surface area contributed by atoms with Gasteiger partial charge in [0.25, 0.3) is 5.91 Å². The average molecular weight is 427 g/mol. The highest BCUT2D eigenvalue weighted by molar-refractivity contribution is 6.38. The van der Waals surface area contributed by atoms with Crippen molar-refractivity contribution in [1.82, 2.24) is 10.0 Å². The first-order chi connectivity index (χ1) is 14.0. The minimum atomic E-state index is -0.544. The van der Waals surface area contributed by atoms with Crippen molar-refractivity contribution in [2.75, 3.05) is 18.0 Å². The summed E-state index contributed by atoms with van der Waals surface area (Å²) < 4.78 is 0. The second kappa shape index (κ2) is 6.82. The van der Waals surface area contributed by atoms with Gasteiger partial charge in [-0.15, -0.1) is 0 Å². The van der Waals surface area contributed by atoms with Crippen molar-refractivity contribution >= 4 is 40.7 Å². The summed E-state index contributed by atoms with van der Waals surface area (Å²) >= 11 is 12.3. The molecular weight excluding hydrogens is 411 g/mol. The van der Waals surface area contributed by atoms with E-state index in [0.29, 0.717) is 16.3 Å². The standard InChI is InChI=1S/C21H16Cl2N4O2/c22-14-6-7-16(15(23)10-14)27-20(28)17-18(13-4-2-12(11-24)3-5-13)25-8-1-9-26(25)19(17)21(27)29/h2-7,10,17-19H,1,8-9H2. The number of halogens is 2. The summed E-state index contributed by atoms with van der Waals surface area (Å²) in [5.74, 6) is -1.04. The highest BCUT2D eigenvalue weighted by atomic mass is 35.5. The Morgan fingerprint density at radius 3 is 2.28 bits per heavy atom. The molecule has 29 heavy (non-hydrogen) atoms. The summed E-state index contributed by atoms with van der Waals surface area (Å²) in [4.78, 5) is 28.0. The minimum absolute atomic E-state index is 0.247. The van der Waals surface area contributed by atoms with Crippen molar-refractivity contribution < 1.29 is 9.59 Å². The number of fused-ring (bicyclic) bond motifs is 3. The SMILES string of the molecule is N#Cc1ccc(C2C3C(=O)N(c4ccc(Cl)cc4Cl)C(=O)C3N3CCCN23)cc1. The Labute approximate surface area is 177 Å². The molecule has 8 heteroatoms. The zero-order chi connectivity index (χ0) is 20.3. The Balaban J connectivity index is 1.58. The van der Waals surface area contributed by atoms with Gasteiger partial charge in [0.05, 0.1) is 34.3 Å². The first kappa shape index (κ1) is 18.6. The number of amides is 2. The maximum atomic E-state index is 13.5. The highest BCUT2D eigenvalue weighted by Crippen LogP contribution is 2.49. The number of benzene rings is 2. The molecule has 0 N–H and O–H groups in total. The smallest absolute Gasteiger partial charge is 0.253 e. The molecule has 0 spiro atoms. The Kier molecular flexibility index (Phi) is 4.37. The summed E-state index contributed by atoms with van der Waals surface area (Å²) in [6.07, 6.45) is 0.930. The van der Waals surface area contributed by atoms with Crippen LogP contribution in [0, 0.1) is 17.2 Å². The summed E-state index contributed by atoms with van der Waals surface area (Å²) in [5.41, 5.74) is 1.85. The van der Waals surface area contributed by atoms with Gasteiger partial charge in [0.1, 0.15) is 6.04 Å². The van der Waals surface area contributed by atoms with Gasteiger partial charge < -0.3 is 0 Å². The lowest BCUT2D eigenvalue weighted by Gasteiger charge is -2.30. The quantitative estimate of drug-likeness (QED) is 0.688. The number of nitrogens with zero attached hydrogens (tertiary/aromatic N) is 4. The van der Waals surface area contributed by atoms with Crippen LogP contribution in [0.1, 0.15) is 23.6 Å². The van der Waals surface area contributed by atoms with Gasteiger partial charge in [-0.25, -0.2) is 14.9 Å². The van der Waals surface area contributed by atoms with E-state index >= 15 is 0 Å². The molecule has 3 aliphatic rings. The van der Waals surface area contributed by atoms with Crippen LogP contribution < -0.4 is 4.90 Å². The van der Waals surface area contributed by atoms with Crippen molar-refractivity contribution in [3.63, 3.8) is 0 Å². The van der Waals surface area contributed by atoms with Gasteiger partial charge in [-0.05, 0) is 42.3 Å². The van der Waals surface area contributed by atoms with Gasteiger partial charge in [0.15, 0.2) is 0 Å². The maximum absolute atomic E-state index is 13.5. The van der Waals surface area contributed by atoms with E-state index < -0.39 is 12.0 Å². The Morgan fingerprint density at radius 2 is 1.62 bits per heavy atom.